The molecule has 0 aliphatic heterocycles. The third-order valence-corrected chi connectivity index (χ3v) is 18.4. The van der Waals surface area contributed by atoms with Gasteiger partial charge in [-0.1, -0.05) is 316 Å². The lowest BCUT2D eigenvalue weighted by atomic mass is 10.0. The Morgan fingerprint density at radius 1 is 0.284 bits per heavy atom. The molecule has 0 aliphatic carbocycles. The predicted molar refractivity (Wildman–Crippen MR) is 418 cm³/mol. The van der Waals surface area contributed by atoms with Crippen LogP contribution in [0.2, 0.25) is 0 Å². The number of carbonyl (C=O) groups excluding carboxylic acids is 4. The van der Waals surface area contributed by atoms with E-state index in [1.54, 1.807) is 0 Å². The summed E-state index contributed by atoms with van der Waals surface area (Å²) in [4.78, 5) is 72.9. The summed E-state index contributed by atoms with van der Waals surface area (Å²) in [6.07, 6.45) is 82.0. The van der Waals surface area contributed by atoms with Gasteiger partial charge in [0.05, 0.1) is 26.4 Å². The fourth-order valence-electron chi connectivity index (χ4n) is 10.5. The first-order chi connectivity index (χ1) is 49.7. The number of esters is 4. The van der Waals surface area contributed by atoms with Crippen molar-refractivity contribution < 1.29 is 80.2 Å². The number of hydrogen-bond acceptors (Lipinski definition) is 15. The van der Waals surface area contributed by atoms with Gasteiger partial charge < -0.3 is 33.8 Å². The molecule has 5 unspecified atom stereocenters. The lowest BCUT2D eigenvalue weighted by molar-refractivity contribution is -0.161. The molecule has 17 nitrogen and oxygen atoms in total. The minimum absolute atomic E-state index is 0.0365. The average Bonchev–Trinajstić information content (AvgIpc) is 0.939. The van der Waals surface area contributed by atoms with Gasteiger partial charge in [0, 0.05) is 25.7 Å². The summed E-state index contributed by atoms with van der Waals surface area (Å²) in [5.41, 5.74) is 0. The third kappa shape index (κ3) is 73.8. The van der Waals surface area contributed by atoms with Crippen molar-refractivity contribution in [2.75, 3.05) is 39.6 Å². The van der Waals surface area contributed by atoms with Crippen molar-refractivity contribution in [2.24, 2.45) is 0 Å². The lowest BCUT2D eigenvalue weighted by Crippen LogP contribution is -2.30. The van der Waals surface area contributed by atoms with Crippen LogP contribution in [0.25, 0.3) is 0 Å². The van der Waals surface area contributed by atoms with E-state index in [0.717, 1.165) is 135 Å². The zero-order valence-corrected chi connectivity index (χ0v) is 65.8. The third-order valence-electron chi connectivity index (χ3n) is 16.5. The fraction of sp³-hybridized carbons (Fsp3) is 0.711. The van der Waals surface area contributed by atoms with E-state index in [1.807, 2.05) is 18.2 Å². The maximum absolute atomic E-state index is 13.1. The summed E-state index contributed by atoms with van der Waals surface area (Å²) in [5.74, 6) is -2.29. The zero-order chi connectivity index (χ0) is 74.6. The highest BCUT2D eigenvalue weighted by atomic mass is 31.2. The first kappa shape index (κ1) is 97.5. The molecule has 0 bridgehead atoms. The first-order valence-electron chi connectivity index (χ1n) is 39.8. The van der Waals surface area contributed by atoms with E-state index < -0.39 is 97.5 Å². The van der Waals surface area contributed by atoms with Gasteiger partial charge in [0.2, 0.25) is 0 Å². The van der Waals surface area contributed by atoms with Crippen molar-refractivity contribution in [2.45, 2.75) is 341 Å². The highest BCUT2D eigenvalue weighted by molar-refractivity contribution is 7.47. The summed E-state index contributed by atoms with van der Waals surface area (Å²) in [5, 5.41) is 10.6. The number of ether oxygens (including phenoxy) is 4. The SMILES string of the molecule is CC/C=C\C/C=C\C/C=C\C/C=C\C/C=C\C/C=C\CCC(=O)OCC(COP(=O)(O)OCC(O)COP(=O)(O)OCC(COC(=O)CCCCCC/C=C\C/C=C\C/C=C\C/C=C\CC)OC(=O)CCCCCCCCCCCCC)OC(=O)CCCCCCCCCCCCCCCCC. The van der Waals surface area contributed by atoms with Crippen LogP contribution >= 0.6 is 15.6 Å². The Hall–Kier alpha value is -4.54. The molecule has 0 aromatic heterocycles. The van der Waals surface area contributed by atoms with Crippen molar-refractivity contribution in [3.8, 4) is 0 Å². The van der Waals surface area contributed by atoms with E-state index in [2.05, 4.69) is 131 Å². The number of hydrogen-bond donors (Lipinski definition) is 3. The number of allylic oxidation sites excluding steroid dienone is 20. The number of aliphatic hydroxyl groups excluding tert-OH is 1. The van der Waals surface area contributed by atoms with Crippen LogP contribution in [0.4, 0.5) is 0 Å². The quantitative estimate of drug-likeness (QED) is 0.0169. The van der Waals surface area contributed by atoms with Gasteiger partial charge in [0.1, 0.15) is 19.3 Å². The summed E-state index contributed by atoms with van der Waals surface area (Å²) in [7, 11) is -9.97. The normalized spacial score (nSPS) is 14.5. The number of carbonyl (C=O) groups is 4. The standard InChI is InChI=1S/C83H142O17P2/c1-5-9-13-17-21-25-29-32-35-37-38-40-43-45-49-52-56-60-64-68-81(86)94-74-79(100-83(88)70-66-62-58-54-50-46-41-34-31-27-23-19-15-11-7-3)76-98-102(91,92)96-72-77(84)71-95-101(89,90)97-75-78(99-82(87)69-65-61-57-53-47-28-24-20-16-12-8-4)73-93-80(85)67-63-59-55-51-48-44-42-39-36-33-30-26-22-18-14-10-6-2/h9-10,13-14,21-22,25-26,32-33,35-36,38,40,42,44-45,49,56,60,77-79,84H,5-8,11-12,15-20,23-24,27-31,34,37,39,41,43,46-48,50-55,57-59,61-76H2,1-4H3,(H,89,90)(H,91,92)/b13-9-,14-10-,25-21-,26-22-,35-32-,36-33-,40-38-,44-42-,49-45-,60-56-. The molecule has 102 heavy (non-hydrogen) atoms. The molecule has 0 saturated heterocycles. The molecular weight excluding hydrogens is 1330 g/mol. The molecule has 0 fully saturated rings. The van der Waals surface area contributed by atoms with E-state index in [-0.39, 0.29) is 25.7 Å². The Kier molecular flexibility index (Phi) is 71.4. The van der Waals surface area contributed by atoms with Gasteiger partial charge in [-0.3, -0.25) is 37.3 Å². The Morgan fingerprint density at radius 3 is 0.843 bits per heavy atom. The van der Waals surface area contributed by atoms with Gasteiger partial charge in [0.15, 0.2) is 12.2 Å². The topological polar surface area (TPSA) is 237 Å². The molecule has 3 N–H and O–H groups in total. The summed E-state index contributed by atoms with van der Waals surface area (Å²) >= 11 is 0. The van der Waals surface area contributed by atoms with Crippen molar-refractivity contribution >= 4 is 39.5 Å². The van der Waals surface area contributed by atoms with Crippen molar-refractivity contribution in [3.63, 3.8) is 0 Å². The number of rotatable bonds is 74. The monoisotopic (exact) mass is 1470 g/mol. The van der Waals surface area contributed by atoms with Crippen LogP contribution in [0, 0.1) is 0 Å². The second-order valence-corrected chi connectivity index (χ2v) is 29.2. The number of phosphoric ester groups is 2. The van der Waals surface area contributed by atoms with Gasteiger partial charge in [-0.15, -0.1) is 0 Å². The number of aliphatic hydroxyl groups is 1. The molecule has 0 spiro atoms. The molecule has 0 saturated carbocycles. The Balaban J connectivity index is 5.39. The predicted octanol–water partition coefficient (Wildman–Crippen LogP) is 23.1. The van der Waals surface area contributed by atoms with Crippen LogP contribution in [-0.2, 0) is 65.4 Å². The number of phosphoric acid groups is 2. The second-order valence-electron chi connectivity index (χ2n) is 26.3. The first-order valence-corrected chi connectivity index (χ1v) is 42.8. The largest absolute Gasteiger partial charge is 0.472 e. The van der Waals surface area contributed by atoms with Gasteiger partial charge in [-0.05, 0) is 103 Å². The Bertz CT molecular complexity index is 2410. The van der Waals surface area contributed by atoms with Crippen LogP contribution < -0.4 is 0 Å². The molecule has 0 aromatic rings. The number of unbranched alkanes of at least 4 members (excludes halogenated alkanes) is 28. The average molecular weight is 1470 g/mol. The maximum atomic E-state index is 13.1. The van der Waals surface area contributed by atoms with E-state index in [1.165, 1.54) is 103 Å². The molecule has 586 valence electrons. The zero-order valence-electron chi connectivity index (χ0n) is 64.0. The summed E-state index contributed by atoms with van der Waals surface area (Å²) in [6.45, 7) is 4.56. The van der Waals surface area contributed by atoms with Crippen molar-refractivity contribution in [1.82, 2.24) is 0 Å². The minimum atomic E-state index is -4.99. The van der Waals surface area contributed by atoms with Gasteiger partial charge in [-0.25, -0.2) is 9.13 Å². The molecule has 19 heteroatoms. The van der Waals surface area contributed by atoms with Gasteiger partial charge in [-0.2, -0.15) is 0 Å². The highest BCUT2D eigenvalue weighted by Crippen LogP contribution is 2.45. The molecule has 0 rings (SSSR count). The van der Waals surface area contributed by atoms with Crippen LogP contribution in [0.15, 0.2) is 122 Å². The van der Waals surface area contributed by atoms with Crippen LogP contribution in [0.5, 0.6) is 0 Å². The van der Waals surface area contributed by atoms with E-state index in [4.69, 9.17) is 37.0 Å². The van der Waals surface area contributed by atoms with E-state index >= 15 is 0 Å². The Labute approximate surface area is 619 Å². The molecule has 5 atom stereocenters. The van der Waals surface area contributed by atoms with Gasteiger partial charge in [0.25, 0.3) is 0 Å². The molecule has 0 amide bonds. The van der Waals surface area contributed by atoms with Crippen molar-refractivity contribution in [1.29, 1.82) is 0 Å². The van der Waals surface area contributed by atoms with Crippen LogP contribution in [-0.4, -0.2) is 96.7 Å². The van der Waals surface area contributed by atoms with Crippen LogP contribution in [0.1, 0.15) is 323 Å². The van der Waals surface area contributed by atoms with Crippen molar-refractivity contribution in [3.05, 3.63) is 122 Å². The minimum Gasteiger partial charge on any atom is -0.462 e. The summed E-state index contributed by atoms with van der Waals surface area (Å²) < 4.78 is 68.5. The smallest absolute Gasteiger partial charge is 0.462 e. The highest BCUT2D eigenvalue weighted by Gasteiger charge is 2.30. The maximum Gasteiger partial charge on any atom is 0.472 e. The molecular formula is C83H142O17P2. The summed E-state index contributed by atoms with van der Waals surface area (Å²) in [6, 6.07) is 0. The Morgan fingerprint density at radius 2 is 0.529 bits per heavy atom. The molecule has 0 aliphatic rings. The van der Waals surface area contributed by atoms with E-state index in [9.17, 15) is 43.2 Å². The molecule has 0 heterocycles. The fourth-order valence-corrected chi connectivity index (χ4v) is 12.1. The lowest BCUT2D eigenvalue weighted by Gasteiger charge is -2.21. The van der Waals surface area contributed by atoms with Gasteiger partial charge >= 0.3 is 39.5 Å². The molecule has 0 aromatic carbocycles. The van der Waals surface area contributed by atoms with E-state index in [0.29, 0.717) is 32.1 Å². The van der Waals surface area contributed by atoms with Crippen LogP contribution in [0.3, 0.4) is 0 Å². The second kappa shape index (κ2) is 74.7. The molecule has 0 radical (unpaired) electrons.